The van der Waals surface area contributed by atoms with Crippen molar-refractivity contribution in [2.75, 3.05) is 6.54 Å². The molecule has 26 heavy (non-hydrogen) atoms. The van der Waals surface area contributed by atoms with E-state index in [1.54, 1.807) is 0 Å². The summed E-state index contributed by atoms with van der Waals surface area (Å²) >= 11 is 0. The summed E-state index contributed by atoms with van der Waals surface area (Å²) in [5, 5.41) is 2.70. The third kappa shape index (κ3) is 4.14. The van der Waals surface area contributed by atoms with E-state index in [9.17, 15) is 18.0 Å². The first kappa shape index (κ1) is 17.8. The predicted octanol–water partition coefficient (Wildman–Crippen LogP) is 4.94. The first-order chi connectivity index (χ1) is 12.4. The average Bonchev–Trinajstić information content (AvgIpc) is 3.12. The Bertz CT molecular complexity index is 885. The second kappa shape index (κ2) is 7.47. The highest BCUT2D eigenvalue weighted by molar-refractivity contribution is 5.92. The minimum absolute atomic E-state index is 0.00568. The standard InChI is InChI=1S/C20H16F3NO2/c21-20(22,23)16-9-5-4-8-15(16)17-10-11-18(26-17)19(25)24-13-12-14-6-2-1-3-7-14/h1-11H,12-13H2,(H,24,25). The van der Waals surface area contributed by atoms with Gasteiger partial charge in [-0.2, -0.15) is 13.2 Å². The first-order valence-corrected chi connectivity index (χ1v) is 8.04. The smallest absolute Gasteiger partial charge is 0.417 e. The van der Waals surface area contributed by atoms with E-state index in [-0.39, 0.29) is 17.1 Å². The Morgan fingerprint density at radius 1 is 0.923 bits per heavy atom. The molecule has 0 aliphatic heterocycles. The predicted molar refractivity (Wildman–Crippen MR) is 91.6 cm³/mol. The Kier molecular flexibility index (Phi) is 5.11. The average molecular weight is 359 g/mol. The third-order valence-electron chi connectivity index (χ3n) is 3.87. The Morgan fingerprint density at radius 3 is 2.35 bits per heavy atom. The molecular formula is C20H16F3NO2. The van der Waals surface area contributed by atoms with Crippen molar-refractivity contribution >= 4 is 5.91 Å². The first-order valence-electron chi connectivity index (χ1n) is 8.04. The van der Waals surface area contributed by atoms with Crippen molar-refractivity contribution in [2.24, 2.45) is 0 Å². The fourth-order valence-electron chi connectivity index (χ4n) is 2.60. The van der Waals surface area contributed by atoms with Gasteiger partial charge in [0.2, 0.25) is 0 Å². The van der Waals surface area contributed by atoms with Crippen LogP contribution in [0.25, 0.3) is 11.3 Å². The van der Waals surface area contributed by atoms with Crippen molar-refractivity contribution in [3.63, 3.8) is 0 Å². The number of amides is 1. The zero-order valence-corrected chi connectivity index (χ0v) is 13.7. The van der Waals surface area contributed by atoms with E-state index in [1.165, 1.54) is 30.3 Å². The number of rotatable bonds is 5. The van der Waals surface area contributed by atoms with Gasteiger partial charge in [-0.15, -0.1) is 0 Å². The second-order valence-corrected chi connectivity index (χ2v) is 5.70. The number of furan rings is 1. The number of hydrogen-bond donors (Lipinski definition) is 1. The van der Waals surface area contributed by atoms with Gasteiger partial charge in [0.15, 0.2) is 5.76 Å². The van der Waals surface area contributed by atoms with Gasteiger partial charge in [-0.25, -0.2) is 0 Å². The van der Waals surface area contributed by atoms with Gasteiger partial charge in [0.1, 0.15) is 5.76 Å². The van der Waals surface area contributed by atoms with Gasteiger partial charge in [-0.3, -0.25) is 4.79 Å². The molecule has 1 amide bonds. The van der Waals surface area contributed by atoms with Gasteiger partial charge in [0.25, 0.3) is 5.91 Å². The van der Waals surface area contributed by atoms with Gasteiger partial charge in [-0.05, 0) is 30.2 Å². The van der Waals surface area contributed by atoms with E-state index in [4.69, 9.17) is 4.42 Å². The van der Waals surface area contributed by atoms with E-state index in [0.717, 1.165) is 11.6 Å². The SMILES string of the molecule is O=C(NCCc1ccccc1)c1ccc(-c2ccccc2C(F)(F)F)o1. The van der Waals surface area contributed by atoms with Gasteiger partial charge < -0.3 is 9.73 Å². The normalized spacial score (nSPS) is 11.3. The number of carbonyl (C=O) groups excluding carboxylic acids is 1. The highest BCUT2D eigenvalue weighted by Gasteiger charge is 2.34. The Morgan fingerprint density at radius 2 is 1.62 bits per heavy atom. The highest BCUT2D eigenvalue weighted by atomic mass is 19.4. The van der Waals surface area contributed by atoms with Crippen LogP contribution in [-0.4, -0.2) is 12.5 Å². The summed E-state index contributed by atoms with van der Waals surface area (Å²) in [6.07, 6.45) is -3.85. The summed E-state index contributed by atoms with van der Waals surface area (Å²) in [5.41, 5.74) is 0.181. The number of hydrogen-bond acceptors (Lipinski definition) is 2. The monoisotopic (exact) mass is 359 g/mol. The molecule has 0 fully saturated rings. The zero-order chi connectivity index (χ0) is 18.6. The molecule has 1 N–H and O–H groups in total. The molecule has 2 aromatic carbocycles. The molecule has 3 rings (SSSR count). The fraction of sp³-hybridized carbons (Fsp3) is 0.150. The lowest BCUT2D eigenvalue weighted by atomic mass is 10.1. The summed E-state index contributed by atoms with van der Waals surface area (Å²) in [4.78, 5) is 12.1. The van der Waals surface area contributed by atoms with Crippen LogP contribution in [0, 0.1) is 0 Å². The van der Waals surface area contributed by atoms with Crippen LogP contribution in [0.4, 0.5) is 13.2 Å². The van der Waals surface area contributed by atoms with Crippen LogP contribution in [0.3, 0.4) is 0 Å². The maximum Gasteiger partial charge on any atom is 0.417 e. The maximum atomic E-state index is 13.1. The van der Waals surface area contributed by atoms with Gasteiger partial charge in [0, 0.05) is 12.1 Å². The van der Waals surface area contributed by atoms with Crippen LogP contribution in [0.5, 0.6) is 0 Å². The molecule has 134 valence electrons. The molecular weight excluding hydrogens is 343 g/mol. The molecule has 3 nitrogen and oxygen atoms in total. The lowest BCUT2D eigenvalue weighted by Gasteiger charge is -2.10. The number of carbonyl (C=O) groups is 1. The summed E-state index contributed by atoms with van der Waals surface area (Å²) in [6, 6.07) is 17.5. The van der Waals surface area contributed by atoms with Crippen molar-refractivity contribution < 1.29 is 22.4 Å². The fourth-order valence-corrected chi connectivity index (χ4v) is 2.60. The van der Waals surface area contributed by atoms with Gasteiger partial charge in [-0.1, -0.05) is 48.5 Å². The molecule has 1 aromatic heterocycles. The third-order valence-corrected chi connectivity index (χ3v) is 3.87. The van der Waals surface area contributed by atoms with E-state index in [1.807, 2.05) is 30.3 Å². The van der Waals surface area contributed by atoms with Crippen molar-refractivity contribution in [1.82, 2.24) is 5.32 Å². The molecule has 0 atom stereocenters. The molecule has 3 aromatic rings. The highest BCUT2D eigenvalue weighted by Crippen LogP contribution is 2.37. The molecule has 0 aliphatic rings. The minimum Gasteiger partial charge on any atom is -0.451 e. The molecule has 1 heterocycles. The van der Waals surface area contributed by atoms with Crippen molar-refractivity contribution in [3.8, 4) is 11.3 Å². The number of halogens is 3. The van der Waals surface area contributed by atoms with Crippen LogP contribution in [-0.2, 0) is 12.6 Å². The van der Waals surface area contributed by atoms with E-state index >= 15 is 0 Å². The summed E-state index contributed by atoms with van der Waals surface area (Å²) in [5.74, 6) is -0.479. The maximum absolute atomic E-state index is 13.1. The van der Waals surface area contributed by atoms with Crippen molar-refractivity contribution in [3.05, 3.63) is 83.6 Å². The summed E-state index contributed by atoms with van der Waals surface area (Å²) < 4.78 is 44.7. The van der Waals surface area contributed by atoms with Crippen LogP contribution in [0.2, 0.25) is 0 Å². The molecule has 0 unspecified atom stereocenters. The lowest BCUT2D eigenvalue weighted by molar-refractivity contribution is -0.137. The minimum atomic E-state index is -4.50. The molecule has 0 radical (unpaired) electrons. The Hall–Kier alpha value is -3.02. The van der Waals surface area contributed by atoms with Crippen LogP contribution in [0.1, 0.15) is 21.7 Å². The summed E-state index contributed by atoms with van der Waals surface area (Å²) in [7, 11) is 0. The molecule has 0 bridgehead atoms. The van der Waals surface area contributed by atoms with E-state index in [2.05, 4.69) is 5.32 Å². The molecule has 0 spiro atoms. The van der Waals surface area contributed by atoms with Crippen LogP contribution >= 0.6 is 0 Å². The quantitative estimate of drug-likeness (QED) is 0.701. The molecule has 0 saturated carbocycles. The lowest BCUT2D eigenvalue weighted by Crippen LogP contribution is -2.25. The Balaban J connectivity index is 1.69. The number of alkyl halides is 3. The van der Waals surface area contributed by atoms with Crippen LogP contribution < -0.4 is 5.32 Å². The number of nitrogens with one attached hydrogen (secondary N) is 1. The van der Waals surface area contributed by atoms with E-state index in [0.29, 0.717) is 13.0 Å². The molecule has 0 aliphatic carbocycles. The van der Waals surface area contributed by atoms with Crippen molar-refractivity contribution in [1.29, 1.82) is 0 Å². The second-order valence-electron chi connectivity index (χ2n) is 5.70. The van der Waals surface area contributed by atoms with Crippen molar-refractivity contribution in [2.45, 2.75) is 12.6 Å². The molecule has 6 heteroatoms. The van der Waals surface area contributed by atoms with Gasteiger partial charge in [0.05, 0.1) is 5.56 Å². The van der Waals surface area contributed by atoms with Gasteiger partial charge >= 0.3 is 6.18 Å². The zero-order valence-electron chi connectivity index (χ0n) is 13.7. The topological polar surface area (TPSA) is 42.2 Å². The van der Waals surface area contributed by atoms with E-state index < -0.39 is 17.6 Å². The Labute approximate surface area is 148 Å². The largest absolute Gasteiger partial charge is 0.451 e. The molecule has 0 saturated heterocycles. The number of benzene rings is 2. The van der Waals surface area contributed by atoms with Crippen LogP contribution in [0.15, 0.2) is 71.1 Å². The summed E-state index contributed by atoms with van der Waals surface area (Å²) in [6.45, 7) is 0.401.